The molecule has 6 nitrogen and oxygen atoms in total. The molecule has 30 aromatic rings. The first kappa shape index (κ1) is 87.8. The summed E-state index contributed by atoms with van der Waals surface area (Å²) in [6.45, 7) is 0. The van der Waals surface area contributed by atoms with Gasteiger partial charge in [-0.2, -0.15) is 0 Å². The third kappa shape index (κ3) is 15.8. The molecule has 6 heterocycles. The van der Waals surface area contributed by atoms with Crippen molar-refractivity contribution in [3.8, 4) is 140 Å². The van der Waals surface area contributed by atoms with Crippen LogP contribution in [0.25, 0.3) is 271 Å². The number of hydrogen-bond donors (Lipinski definition) is 0. The average molecular weight is 1910 g/mol. The fraction of sp³-hybridized carbons (Fsp3) is 0. The number of furan rings is 1. The van der Waals surface area contributed by atoms with Crippen LogP contribution in [0.5, 0.6) is 0 Å². The number of nitrogens with zero attached hydrogens (tertiary/aromatic N) is 5. The lowest BCUT2D eigenvalue weighted by Crippen LogP contribution is -1.96. The van der Waals surface area contributed by atoms with Crippen molar-refractivity contribution < 1.29 is 4.42 Å². The summed E-state index contributed by atoms with van der Waals surface area (Å²) in [7, 11) is 0. The summed E-state index contributed by atoms with van der Waals surface area (Å²) in [4.78, 5) is 0. The van der Waals surface area contributed by atoms with E-state index in [1.807, 2.05) is 12.1 Å². The highest BCUT2D eigenvalue weighted by atomic mass is 16.3. The molecule has 0 aliphatic heterocycles. The molecule has 6 aromatic heterocycles. The minimum absolute atomic E-state index is 0.922. The molecule has 0 aliphatic rings. The summed E-state index contributed by atoms with van der Waals surface area (Å²) in [5.41, 5.74) is 43.5. The number of rotatable bonds is 15. The molecule has 0 saturated carbocycles. The van der Waals surface area contributed by atoms with Gasteiger partial charge < -0.3 is 27.3 Å². The number of fused-ring (bicyclic) bond motifs is 18. The van der Waals surface area contributed by atoms with E-state index in [0.717, 1.165) is 50.4 Å². The Morgan fingerprint density at radius 1 is 0.0933 bits per heavy atom. The van der Waals surface area contributed by atoms with Gasteiger partial charge in [-0.15, -0.1) is 0 Å². The Bertz CT molecular complexity index is 10300. The molecule has 30 rings (SSSR count). The molecular weight excluding hydrogens is 1820 g/mol. The molecule has 0 spiro atoms. The third-order valence-corrected chi connectivity index (χ3v) is 30.2. The van der Waals surface area contributed by atoms with Crippen LogP contribution in [0.1, 0.15) is 0 Å². The van der Waals surface area contributed by atoms with Crippen molar-refractivity contribution in [2.45, 2.75) is 0 Å². The highest BCUT2D eigenvalue weighted by molar-refractivity contribution is 6.17. The number of aromatic nitrogens is 5. The SMILES string of the molecule is c1ccc(-c2ccc(-n3c4ccccc4c4ccc(-c5ccc6c7ccccc7n(-c7cc(-c8ccccc8)cc(-c8ccccc8)c7)c6c5)cc43)cc2)cc1.c1ccc(-c2cccc(-n3c4ccccc4c4cc(-c5ccc6oc7ccccc7c6c5)ccc43)c2)cc1.c1ccc(-c2cccc(-n3c4ccccc4c4ccc(-c5ccc6c7ccccc7n(-c7cc(-c8ccccc8)cc(-c8ccccc8)c7)c6c5)cc43)c2)cc1. The van der Waals surface area contributed by atoms with Crippen molar-refractivity contribution >= 4 is 131 Å². The van der Waals surface area contributed by atoms with Gasteiger partial charge in [-0.1, -0.05) is 419 Å². The average Bonchev–Trinajstić information content (AvgIpc) is 1.58. The number of hydrogen-bond acceptors (Lipinski definition) is 1. The molecule has 702 valence electrons. The Balaban J connectivity index is 0.000000110. The minimum atomic E-state index is 0.922. The van der Waals surface area contributed by atoms with Gasteiger partial charge in [0.25, 0.3) is 0 Å². The predicted molar refractivity (Wildman–Crippen MR) is 633 cm³/mol. The van der Waals surface area contributed by atoms with Gasteiger partial charge in [-0.3, -0.25) is 0 Å². The van der Waals surface area contributed by atoms with Crippen LogP contribution in [-0.4, -0.2) is 22.8 Å². The summed E-state index contributed by atoms with van der Waals surface area (Å²) in [5.74, 6) is 0. The summed E-state index contributed by atoms with van der Waals surface area (Å²) in [5, 5.41) is 14.8. The molecule has 0 fully saturated rings. The van der Waals surface area contributed by atoms with Crippen molar-refractivity contribution in [2.75, 3.05) is 0 Å². The lowest BCUT2D eigenvalue weighted by atomic mass is 9.98. The fourth-order valence-electron chi connectivity index (χ4n) is 23.1. The number of benzene rings is 24. The van der Waals surface area contributed by atoms with Gasteiger partial charge in [-0.05, 0) is 269 Å². The van der Waals surface area contributed by atoms with Crippen LogP contribution in [0.4, 0.5) is 0 Å². The fourth-order valence-corrected chi connectivity index (χ4v) is 23.1. The quantitative estimate of drug-likeness (QED) is 0.101. The molecule has 0 aliphatic carbocycles. The Kier molecular flexibility index (Phi) is 21.9. The van der Waals surface area contributed by atoms with E-state index in [9.17, 15) is 0 Å². The zero-order chi connectivity index (χ0) is 99.1. The van der Waals surface area contributed by atoms with Gasteiger partial charge >= 0.3 is 0 Å². The first-order chi connectivity index (χ1) is 74.4. The lowest BCUT2D eigenvalue weighted by Gasteiger charge is -2.14. The Labute approximate surface area is 867 Å². The molecule has 0 atom stereocenters. The molecule has 0 N–H and O–H groups in total. The Morgan fingerprint density at radius 2 is 0.307 bits per heavy atom. The first-order valence-corrected chi connectivity index (χ1v) is 51.5. The van der Waals surface area contributed by atoms with Crippen LogP contribution in [0.3, 0.4) is 0 Å². The lowest BCUT2D eigenvalue weighted by molar-refractivity contribution is 0.669. The third-order valence-electron chi connectivity index (χ3n) is 30.2. The van der Waals surface area contributed by atoms with Gasteiger partial charge in [0.05, 0.1) is 55.2 Å². The highest BCUT2D eigenvalue weighted by Crippen LogP contribution is 2.47. The minimum Gasteiger partial charge on any atom is -0.456 e. The van der Waals surface area contributed by atoms with Gasteiger partial charge in [0.15, 0.2) is 0 Å². The predicted octanol–water partition coefficient (Wildman–Crippen LogP) is 39.1. The molecule has 24 aromatic carbocycles. The van der Waals surface area contributed by atoms with Crippen molar-refractivity contribution in [1.29, 1.82) is 0 Å². The maximum atomic E-state index is 6.06. The zero-order valence-corrected chi connectivity index (χ0v) is 82.0. The zero-order valence-electron chi connectivity index (χ0n) is 82.0. The summed E-state index contributed by atoms with van der Waals surface area (Å²) in [6, 6.07) is 209. The molecule has 6 heteroatoms. The molecule has 0 amide bonds. The monoisotopic (exact) mass is 1910 g/mol. The normalized spacial score (nSPS) is 11.6. The molecule has 0 unspecified atom stereocenters. The van der Waals surface area contributed by atoms with E-state index < -0.39 is 0 Å². The van der Waals surface area contributed by atoms with E-state index in [2.05, 4.69) is 587 Å². The van der Waals surface area contributed by atoms with Gasteiger partial charge in [-0.25, -0.2) is 0 Å². The second-order valence-corrected chi connectivity index (χ2v) is 39.0. The number of para-hydroxylation sites is 6. The second kappa shape index (κ2) is 37.4. The Hall–Kier alpha value is -19.9. The first-order valence-electron chi connectivity index (χ1n) is 51.5. The van der Waals surface area contributed by atoms with E-state index in [1.54, 1.807) is 0 Å². The van der Waals surface area contributed by atoms with E-state index in [4.69, 9.17) is 4.42 Å². The standard InChI is InChI=1S/2C54H36N2.C36H23NO/c1-4-15-37(16-5-1)40-21-14-22-45(32-40)55-51-25-12-10-23-47(51)49-29-27-41(35-53(49)55)42-28-30-50-48-24-11-13-26-52(48)56(54(50)36-42)46-33-43(38-17-6-2-7-18-38)31-44(34-46)39-19-8-3-9-20-39;1-4-14-37(15-5-1)40-24-28-45(29-25-40)55-51-22-12-10-20-47(51)49-30-26-41(35-53(49)55)42-27-31-50-48-21-11-13-23-52(48)56(54(50)36-42)46-33-43(38-16-6-2-7-17-38)32-44(34-46)39-18-8-3-9-19-39;1-2-9-24(10-3-1)25-11-8-12-28(21-25)37-33-15-6-4-13-29(33)31-22-26(17-19-34(31)37)27-18-20-36-32(23-27)30-14-5-7-16-35(30)38-36/h2*1-36H;1-23H. The van der Waals surface area contributed by atoms with Gasteiger partial charge in [0.1, 0.15) is 11.2 Å². The largest absolute Gasteiger partial charge is 0.456 e. The topological polar surface area (TPSA) is 37.8 Å². The maximum Gasteiger partial charge on any atom is 0.135 e. The van der Waals surface area contributed by atoms with Crippen LogP contribution in [-0.2, 0) is 0 Å². The van der Waals surface area contributed by atoms with E-state index >= 15 is 0 Å². The van der Waals surface area contributed by atoms with Crippen molar-refractivity contribution in [2.24, 2.45) is 0 Å². The van der Waals surface area contributed by atoms with Crippen molar-refractivity contribution in [1.82, 2.24) is 22.8 Å². The maximum absolute atomic E-state index is 6.06. The van der Waals surface area contributed by atoms with Crippen molar-refractivity contribution in [3.63, 3.8) is 0 Å². The summed E-state index contributed by atoms with van der Waals surface area (Å²) < 4.78 is 18.2. The van der Waals surface area contributed by atoms with E-state index in [1.165, 1.54) is 220 Å². The van der Waals surface area contributed by atoms with Crippen LogP contribution in [0.15, 0.2) is 581 Å². The van der Waals surface area contributed by atoms with E-state index in [-0.39, 0.29) is 0 Å². The second-order valence-electron chi connectivity index (χ2n) is 39.0. The summed E-state index contributed by atoms with van der Waals surface area (Å²) >= 11 is 0. The van der Waals surface area contributed by atoms with Crippen LogP contribution >= 0.6 is 0 Å². The van der Waals surface area contributed by atoms with Crippen LogP contribution < -0.4 is 0 Å². The highest BCUT2D eigenvalue weighted by Gasteiger charge is 2.24. The van der Waals surface area contributed by atoms with Crippen molar-refractivity contribution in [3.05, 3.63) is 576 Å². The van der Waals surface area contributed by atoms with Gasteiger partial charge in [0, 0.05) is 93.1 Å². The smallest absolute Gasteiger partial charge is 0.135 e. The molecule has 0 radical (unpaired) electrons. The molecule has 150 heavy (non-hydrogen) atoms. The Morgan fingerprint density at radius 3 is 0.667 bits per heavy atom. The van der Waals surface area contributed by atoms with Gasteiger partial charge in [0.2, 0.25) is 0 Å². The van der Waals surface area contributed by atoms with Crippen LogP contribution in [0, 0.1) is 0 Å². The molecular formula is C144H95N5O. The summed E-state index contributed by atoms with van der Waals surface area (Å²) in [6.07, 6.45) is 0. The van der Waals surface area contributed by atoms with E-state index in [0.29, 0.717) is 0 Å². The molecule has 0 saturated heterocycles. The van der Waals surface area contributed by atoms with Crippen LogP contribution in [0.2, 0.25) is 0 Å². The molecule has 0 bridgehead atoms.